The number of rotatable bonds is 6. The van der Waals surface area contributed by atoms with E-state index in [1.165, 1.54) is 29.8 Å². The zero-order valence-corrected chi connectivity index (χ0v) is 15.6. The number of aromatic nitrogens is 2. The number of imide groups is 2. The molecule has 1 aromatic carbocycles. The maximum absolute atomic E-state index is 13.0. The third-order valence-corrected chi connectivity index (χ3v) is 5.04. The lowest BCUT2D eigenvalue weighted by atomic mass is 9.97. The summed E-state index contributed by atoms with van der Waals surface area (Å²) < 4.78 is 18.1. The van der Waals surface area contributed by atoms with E-state index in [9.17, 15) is 18.8 Å². The van der Waals surface area contributed by atoms with Crippen molar-refractivity contribution in [1.29, 1.82) is 0 Å². The molecule has 4 amide bonds. The third kappa shape index (κ3) is 3.94. The molecule has 2 aromatic rings. The summed E-state index contributed by atoms with van der Waals surface area (Å²) in [5.74, 6) is -1.94. The number of allylic oxidation sites excluding steroid dienone is 1. The van der Waals surface area contributed by atoms with E-state index < -0.39 is 23.7 Å². The Bertz CT molecular complexity index is 983. The Morgan fingerprint density at radius 1 is 1.03 bits per heavy atom. The van der Waals surface area contributed by atoms with Gasteiger partial charge in [0.1, 0.15) is 12.4 Å². The molecule has 1 saturated heterocycles. The van der Waals surface area contributed by atoms with Gasteiger partial charge in [0.05, 0.1) is 0 Å². The molecule has 29 heavy (non-hydrogen) atoms. The topological polar surface area (TPSA) is 96.6 Å². The standard InChI is InChI=1S/C20H19FN4O4/c21-15-8-6-14(7-9-15)17-22-16(29-23-17)12-25-19(27)18(26)24(20(25)28)11-10-13-4-2-1-3-5-13/h4,6-9H,1-3,5,10-12H2. The van der Waals surface area contributed by atoms with Crippen LogP contribution in [0.1, 0.15) is 38.0 Å². The second-order valence-corrected chi connectivity index (χ2v) is 7.01. The average Bonchev–Trinajstić information content (AvgIpc) is 3.28. The molecule has 1 aliphatic carbocycles. The van der Waals surface area contributed by atoms with E-state index >= 15 is 0 Å². The molecular formula is C20H19FN4O4. The van der Waals surface area contributed by atoms with Crippen LogP contribution in [0.5, 0.6) is 0 Å². The number of hydrogen-bond donors (Lipinski definition) is 0. The van der Waals surface area contributed by atoms with E-state index in [4.69, 9.17) is 4.52 Å². The Labute approximate surface area is 166 Å². The summed E-state index contributed by atoms with van der Waals surface area (Å²) in [5, 5.41) is 3.78. The first-order chi connectivity index (χ1) is 14.0. The van der Waals surface area contributed by atoms with Gasteiger partial charge in [0.15, 0.2) is 0 Å². The average molecular weight is 398 g/mol. The Hall–Kier alpha value is -3.36. The normalized spacial score (nSPS) is 17.3. The predicted molar refractivity (Wildman–Crippen MR) is 98.5 cm³/mol. The summed E-state index contributed by atoms with van der Waals surface area (Å²) in [6.45, 7) is -0.118. The lowest BCUT2D eigenvalue weighted by Gasteiger charge is -2.17. The van der Waals surface area contributed by atoms with Gasteiger partial charge in [0, 0.05) is 12.1 Å². The highest BCUT2D eigenvalue weighted by atomic mass is 19.1. The van der Waals surface area contributed by atoms with E-state index in [0.29, 0.717) is 12.0 Å². The second-order valence-electron chi connectivity index (χ2n) is 7.01. The summed E-state index contributed by atoms with van der Waals surface area (Å²) in [7, 11) is 0. The minimum atomic E-state index is -0.908. The Kier molecular flexibility index (Phi) is 5.20. The zero-order chi connectivity index (χ0) is 20.4. The molecule has 150 valence electrons. The Morgan fingerprint density at radius 3 is 2.52 bits per heavy atom. The van der Waals surface area contributed by atoms with Crippen LogP contribution in [0.4, 0.5) is 9.18 Å². The Balaban J connectivity index is 1.43. The summed E-state index contributed by atoms with van der Waals surface area (Å²) in [5.41, 5.74) is 1.74. The van der Waals surface area contributed by atoms with Crippen LogP contribution in [0, 0.1) is 5.82 Å². The van der Waals surface area contributed by atoms with Crippen molar-refractivity contribution in [3.8, 4) is 11.4 Å². The van der Waals surface area contributed by atoms with Gasteiger partial charge in [-0.25, -0.2) is 14.1 Å². The first-order valence-electron chi connectivity index (χ1n) is 9.46. The number of halogens is 1. The minimum absolute atomic E-state index is 0.00987. The van der Waals surface area contributed by atoms with Crippen molar-refractivity contribution >= 4 is 17.8 Å². The van der Waals surface area contributed by atoms with Crippen molar-refractivity contribution < 1.29 is 23.3 Å². The zero-order valence-electron chi connectivity index (χ0n) is 15.6. The molecule has 1 aliphatic heterocycles. The number of benzene rings is 1. The highest BCUT2D eigenvalue weighted by molar-refractivity contribution is 6.44. The van der Waals surface area contributed by atoms with E-state index in [1.807, 2.05) is 0 Å². The maximum Gasteiger partial charge on any atom is 0.334 e. The molecule has 0 saturated carbocycles. The molecule has 0 bridgehead atoms. The van der Waals surface area contributed by atoms with Gasteiger partial charge in [-0.3, -0.25) is 14.5 Å². The number of carbonyl (C=O) groups is 3. The van der Waals surface area contributed by atoms with Crippen LogP contribution in [-0.4, -0.2) is 44.3 Å². The molecule has 0 spiro atoms. The number of hydrogen-bond acceptors (Lipinski definition) is 6. The SMILES string of the molecule is O=C1C(=O)N(Cc2nc(-c3ccc(F)cc3)no2)C(=O)N1CCC1=CCCCC1. The van der Waals surface area contributed by atoms with Gasteiger partial charge in [-0.2, -0.15) is 4.98 Å². The molecule has 9 heteroatoms. The summed E-state index contributed by atoms with van der Waals surface area (Å²) in [6.07, 6.45) is 6.95. The molecule has 0 atom stereocenters. The maximum atomic E-state index is 13.0. The van der Waals surface area contributed by atoms with E-state index in [2.05, 4.69) is 16.2 Å². The molecule has 0 unspecified atom stereocenters. The van der Waals surface area contributed by atoms with Crippen molar-refractivity contribution in [2.75, 3.05) is 6.54 Å². The second kappa shape index (κ2) is 7.94. The Morgan fingerprint density at radius 2 is 1.79 bits per heavy atom. The summed E-state index contributed by atoms with van der Waals surface area (Å²) in [4.78, 5) is 43.0. The summed E-state index contributed by atoms with van der Waals surface area (Å²) >= 11 is 0. The molecule has 2 heterocycles. The molecule has 4 rings (SSSR count). The number of carbonyl (C=O) groups excluding carboxylic acids is 3. The number of amides is 4. The third-order valence-electron chi connectivity index (χ3n) is 5.04. The van der Waals surface area contributed by atoms with Gasteiger partial charge in [-0.15, -0.1) is 0 Å². The first kappa shape index (κ1) is 19.0. The van der Waals surface area contributed by atoms with E-state index in [1.54, 1.807) is 0 Å². The van der Waals surface area contributed by atoms with Crippen molar-refractivity contribution in [2.24, 2.45) is 0 Å². The molecule has 1 aromatic heterocycles. The van der Waals surface area contributed by atoms with Crippen LogP contribution in [-0.2, 0) is 16.1 Å². The number of urea groups is 1. The highest BCUT2D eigenvalue weighted by Crippen LogP contribution is 2.23. The van der Waals surface area contributed by atoms with Gasteiger partial charge in [0.25, 0.3) is 0 Å². The van der Waals surface area contributed by atoms with Gasteiger partial charge in [-0.1, -0.05) is 16.8 Å². The van der Waals surface area contributed by atoms with Crippen LogP contribution in [0.2, 0.25) is 0 Å². The van der Waals surface area contributed by atoms with Crippen molar-refractivity contribution in [3.05, 3.63) is 47.6 Å². The largest absolute Gasteiger partial charge is 0.337 e. The van der Waals surface area contributed by atoms with Gasteiger partial charge >= 0.3 is 17.8 Å². The fourth-order valence-corrected chi connectivity index (χ4v) is 3.44. The minimum Gasteiger partial charge on any atom is -0.337 e. The molecule has 8 nitrogen and oxygen atoms in total. The molecule has 1 fully saturated rings. The van der Waals surface area contributed by atoms with Crippen molar-refractivity contribution in [3.63, 3.8) is 0 Å². The van der Waals surface area contributed by atoms with Crippen LogP contribution < -0.4 is 0 Å². The summed E-state index contributed by atoms with van der Waals surface area (Å²) in [6, 6.07) is 4.81. The van der Waals surface area contributed by atoms with Crippen molar-refractivity contribution in [1.82, 2.24) is 19.9 Å². The van der Waals surface area contributed by atoms with Gasteiger partial charge in [-0.05, 0) is 56.4 Å². The van der Waals surface area contributed by atoms with E-state index in [-0.39, 0.29) is 24.8 Å². The van der Waals surface area contributed by atoms with Gasteiger partial charge in [0.2, 0.25) is 11.7 Å². The van der Waals surface area contributed by atoms with Crippen LogP contribution in [0.15, 0.2) is 40.4 Å². The fraction of sp³-hybridized carbons (Fsp3) is 0.350. The molecule has 0 radical (unpaired) electrons. The highest BCUT2D eigenvalue weighted by Gasteiger charge is 2.44. The molecular weight excluding hydrogens is 379 g/mol. The lowest BCUT2D eigenvalue weighted by Crippen LogP contribution is -2.34. The smallest absolute Gasteiger partial charge is 0.334 e. The van der Waals surface area contributed by atoms with Crippen LogP contribution >= 0.6 is 0 Å². The first-order valence-corrected chi connectivity index (χ1v) is 9.46. The molecule has 2 aliphatic rings. The quantitative estimate of drug-likeness (QED) is 0.422. The van der Waals surface area contributed by atoms with Crippen molar-refractivity contribution in [2.45, 2.75) is 38.6 Å². The fourth-order valence-electron chi connectivity index (χ4n) is 3.44. The molecule has 0 N–H and O–H groups in total. The van der Waals surface area contributed by atoms with E-state index in [0.717, 1.165) is 35.5 Å². The van der Waals surface area contributed by atoms with Crippen LogP contribution in [0.25, 0.3) is 11.4 Å². The number of nitrogens with zero attached hydrogens (tertiary/aromatic N) is 4. The monoisotopic (exact) mass is 398 g/mol. The van der Waals surface area contributed by atoms with Gasteiger partial charge < -0.3 is 4.52 Å². The predicted octanol–water partition coefficient (Wildman–Crippen LogP) is 3.06. The lowest BCUT2D eigenvalue weighted by molar-refractivity contribution is -0.143. The van der Waals surface area contributed by atoms with Crippen LogP contribution in [0.3, 0.4) is 0 Å².